The second-order valence-electron chi connectivity index (χ2n) is 5.44. The highest BCUT2D eigenvalue weighted by molar-refractivity contribution is 5.29. The van der Waals surface area contributed by atoms with Gasteiger partial charge in [0, 0.05) is 6.42 Å². The van der Waals surface area contributed by atoms with Gasteiger partial charge in [0.05, 0.1) is 12.7 Å². The van der Waals surface area contributed by atoms with Gasteiger partial charge in [-0.2, -0.15) is 0 Å². The second-order valence-corrected chi connectivity index (χ2v) is 5.44. The molecule has 0 aliphatic carbocycles. The molecule has 0 spiro atoms. The Morgan fingerprint density at radius 3 is 2.24 bits per heavy atom. The Morgan fingerprint density at radius 1 is 0.952 bits per heavy atom. The number of benzene rings is 2. The molecule has 0 aromatic heterocycles. The third kappa shape index (κ3) is 4.61. The molecular formula is C19H24O2. The van der Waals surface area contributed by atoms with Crippen LogP contribution in [0.5, 0.6) is 5.75 Å². The van der Waals surface area contributed by atoms with Crippen LogP contribution in [0.25, 0.3) is 0 Å². The lowest BCUT2D eigenvalue weighted by atomic mass is 9.99. The molecular weight excluding hydrogens is 260 g/mol. The van der Waals surface area contributed by atoms with Crippen molar-refractivity contribution in [1.29, 1.82) is 0 Å². The van der Waals surface area contributed by atoms with E-state index in [4.69, 9.17) is 4.74 Å². The fraction of sp³-hybridized carbons (Fsp3) is 0.368. The smallest absolute Gasteiger partial charge is 0.119 e. The van der Waals surface area contributed by atoms with Crippen molar-refractivity contribution in [2.24, 2.45) is 0 Å². The predicted octanol–water partition coefficient (Wildman–Crippen LogP) is 4.70. The molecule has 0 fully saturated rings. The molecule has 0 bridgehead atoms. The van der Waals surface area contributed by atoms with Gasteiger partial charge in [-0.25, -0.2) is 0 Å². The molecule has 2 rings (SSSR count). The first-order valence-electron chi connectivity index (χ1n) is 7.66. The number of aliphatic hydroxyl groups excluding tert-OH is 1. The molecule has 0 saturated carbocycles. The first kappa shape index (κ1) is 15.6. The molecule has 2 unspecified atom stereocenters. The standard InChI is InChI=1S/C19H24O2/c1-3-15(2)16-9-11-18(12-10-16)21-14-13-19(20)17-7-5-4-6-8-17/h4-12,15,19-20H,3,13-14H2,1-2H3. The lowest BCUT2D eigenvalue weighted by molar-refractivity contribution is 0.141. The Labute approximate surface area is 127 Å². The van der Waals surface area contributed by atoms with E-state index in [2.05, 4.69) is 26.0 Å². The number of hydrogen-bond acceptors (Lipinski definition) is 2. The largest absolute Gasteiger partial charge is 0.493 e. The zero-order chi connectivity index (χ0) is 15.1. The minimum Gasteiger partial charge on any atom is -0.493 e. The molecule has 2 heteroatoms. The van der Waals surface area contributed by atoms with Crippen LogP contribution in [0.3, 0.4) is 0 Å². The summed E-state index contributed by atoms with van der Waals surface area (Å²) in [5, 5.41) is 10.1. The summed E-state index contributed by atoms with van der Waals surface area (Å²) in [5.74, 6) is 1.45. The number of hydrogen-bond donors (Lipinski definition) is 1. The maximum atomic E-state index is 10.1. The van der Waals surface area contributed by atoms with Crippen molar-refractivity contribution in [3.05, 3.63) is 65.7 Å². The summed E-state index contributed by atoms with van der Waals surface area (Å²) < 4.78 is 5.71. The van der Waals surface area contributed by atoms with Gasteiger partial charge < -0.3 is 9.84 Å². The fourth-order valence-electron chi connectivity index (χ4n) is 2.26. The second kappa shape index (κ2) is 7.84. The van der Waals surface area contributed by atoms with Gasteiger partial charge in [-0.3, -0.25) is 0 Å². The zero-order valence-corrected chi connectivity index (χ0v) is 12.8. The zero-order valence-electron chi connectivity index (χ0n) is 12.8. The molecule has 0 heterocycles. The van der Waals surface area contributed by atoms with E-state index in [1.54, 1.807) is 0 Å². The number of aliphatic hydroxyl groups is 1. The maximum absolute atomic E-state index is 10.1. The highest BCUT2D eigenvalue weighted by Gasteiger charge is 2.07. The normalized spacial score (nSPS) is 13.7. The number of rotatable bonds is 7. The maximum Gasteiger partial charge on any atom is 0.119 e. The lowest BCUT2D eigenvalue weighted by Gasteiger charge is -2.13. The molecule has 0 aliphatic rings. The van der Waals surface area contributed by atoms with Crippen molar-refractivity contribution >= 4 is 0 Å². The quantitative estimate of drug-likeness (QED) is 0.798. The van der Waals surface area contributed by atoms with Crippen molar-refractivity contribution < 1.29 is 9.84 Å². The van der Waals surface area contributed by atoms with Gasteiger partial charge in [0.2, 0.25) is 0 Å². The van der Waals surface area contributed by atoms with Gasteiger partial charge in [-0.1, -0.05) is 56.3 Å². The molecule has 2 atom stereocenters. The summed E-state index contributed by atoms with van der Waals surface area (Å²) in [4.78, 5) is 0. The Morgan fingerprint density at radius 2 is 1.62 bits per heavy atom. The van der Waals surface area contributed by atoms with Gasteiger partial charge in [-0.05, 0) is 35.6 Å². The van der Waals surface area contributed by atoms with E-state index < -0.39 is 6.10 Å². The van der Waals surface area contributed by atoms with Crippen LogP contribution in [0, 0.1) is 0 Å². The number of ether oxygens (including phenoxy) is 1. The fourth-order valence-corrected chi connectivity index (χ4v) is 2.26. The molecule has 0 aliphatic heterocycles. The molecule has 112 valence electrons. The van der Waals surface area contributed by atoms with E-state index in [0.717, 1.165) is 17.7 Å². The summed E-state index contributed by atoms with van der Waals surface area (Å²) in [6.45, 7) is 4.94. The summed E-state index contributed by atoms with van der Waals surface area (Å²) in [5.41, 5.74) is 2.28. The van der Waals surface area contributed by atoms with Crippen molar-refractivity contribution in [2.45, 2.75) is 38.7 Å². The average molecular weight is 284 g/mol. The molecule has 2 nitrogen and oxygen atoms in total. The first-order chi connectivity index (χ1) is 10.2. The molecule has 0 radical (unpaired) electrons. The molecule has 21 heavy (non-hydrogen) atoms. The third-order valence-electron chi connectivity index (χ3n) is 3.91. The van der Waals surface area contributed by atoms with Gasteiger partial charge >= 0.3 is 0 Å². The highest BCUT2D eigenvalue weighted by Crippen LogP contribution is 2.22. The molecule has 2 aromatic rings. The van der Waals surface area contributed by atoms with Gasteiger partial charge in [0.15, 0.2) is 0 Å². The van der Waals surface area contributed by atoms with Gasteiger partial charge in [0.1, 0.15) is 5.75 Å². The van der Waals surface area contributed by atoms with E-state index >= 15 is 0 Å². The van der Waals surface area contributed by atoms with E-state index in [-0.39, 0.29) is 0 Å². The first-order valence-corrected chi connectivity index (χ1v) is 7.66. The molecule has 1 N–H and O–H groups in total. The topological polar surface area (TPSA) is 29.5 Å². The van der Waals surface area contributed by atoms with Crippen LogP contribution >= 0.6 is 0 Å². The highest BCUT2D eigenvalue weighted by atomic mass is 16.5. The summed E-state index contributed by atoms with van der Waals surface area (Å²) in [7, 11) is 0. The van der Waals surface area contributed by atoms with E-state index in [9.17, 15) is 5.11 Å². The van der Waals surface area contributed by atoms with Crippen LogP contribution in [0.4, 0.5) is 0 Å². The molecule has 0 amide bonds. The van der Waals surface area contributed by atoms with Crippen LogP contribution in [-0.4, -0.2) is 11.7 Å². The van der Waals surface area contributed by atoms with Gasteiger partial charge in [-0.15, -0.1) is 0 Å². The Hall–Kier alpha value is -1.80. The predicted molar refractivity (Wildman–Crippen MR) is 86.7 cm³/mol. The Kier molecular flexibility index (Phi) is 5.82. The van der Waals surface area contributed by atoms with Crippen molar-refractivity contribution in [1.82, 2.24) is 0 Å². The lowest BCUT2D eigenvalue weighted by Crippen LogP contribution is -2.05. The van der Waals surface area contributed by atoms with Gasteiger partial charge in [0.25, 0.3) is 0 Å². The minimum absolute atomic E-state index is 0.467. The van der Waals surface area contributed by atoms with Crippen LogP contribution in [0.15, 0.2) is 54.6 Å². The SMILES string of the molecule is CCC(C)c1ccc(OCCC(O)c2ccccc2)cc1. The van der Waals surface area contributed by atoms with E-state index in [1.165, 1.54) is 5.56 Å². The molecule has 2 aromatic carbocycles. The average Bonchev–Trinajstić information content (AvgIpc) is 2.55. The summed E-state index contributed by atoms with van der Waals surface area (Å²) in [6, 6.07) is 18.0. The molecule has 0 saturated heterocycles. The summed E-state index contributed by atoms with van der Waals surface area (Å²) in [6.07, 6.45) is 1.27. The van der Waals surface area contributed by atoms with Crippen LogP contribution < -0.4 is 4.74 Å². The van der Waals surface area contributed by atoms with Crippen LogP contribution in [0.2, 0.25) is 0 Å². The Balaban J connectivity index is 1.81. The summed E-state index contributed by atoms with van der Waals surface area (Å²) >= 11 is 0. The Bertz CT molecular complexity index is 519. The van der Waals surface area contributed by atoms with E-state index in [0.29, 0.717) is 18.9 Å². The minimum atomic E-state index is -0.467. The van der Waals surface area contributed by atoms with Crippen molar-refractivity contribution in [3.8, 4) is 5.75 Å². The van der Waals surface area contributed by atoms with Crippen LogP contribution in [-0.2, 0) is 0 Å². The van der Waals surface area contributed by atoms with Crippen LogP contribution in [0.1, 0.15) is 49.8 Å². The van der Waals surface area contributed by atoms with Crippen molar-refractivity contribution in [3.63, 3.8) is 0 Å². The monoisotopic (exact) mass is 284 g/mol. The van der Waals surface area contributed by atoms with E-state index in [1.807, 2.05) is 42.5 Å². The third-order valence-corrected chi connectivity index (χ3v) is 3.91. The van der Waals surface area contributed by atoms with Crippen molar-refractivity contribution in [2.75, 3.05) is 6.61 Å².